The Kier molecular flexibility index (Phi) is 3.25. The number of aryl methyl sites for hydroxylation is 1. The highest BCUT2D eigenvalue weighted by atomic mass is 16.1. The van der Waals surface area contributed by atoms with E-state index in [2.05, 4.69) is 23.5 Å². The van der Waals surface area contributed by atoms with Crippen LogP contribution in [0, 0.1) is 17.2 Å². The number of rotatable bonds is 3. The predicted octanol–water partition coefficient (Wildman–Crippen LogP) is 2.52. The molecule has 2 aliphatic carbocycles. The Morgan fingerprint density at radius 3 is 2.84 bits per heavy atom. The van der Waals surface area contributed by atoms with E-state index in [1.807, 2.05) is 12.1 Å². The first-order valence-electron chi connectivity index (χ1n) is 7.07. The van der Waals surface area contributed by atoms with E-state index in [1.54, 1.807) is 0 Å². The number of nitrogens with one attached hydrogen (secondary N) is 1. The summed E-state index contributed by atoms with van der Waals surface area (Å²) in [6.07, 6.45) is 5.14. The molecule has 3 nitrogen and oxygen atoms in total. The Labute approximate surface area is 113 Å². The summed E-state index contributed by atoms with van der Waals surface area (Å²) in [6.45, 7) is 0. The lowest BCUT2D eigenvalue weighted by Crippen LogP contribution is -2.39. The van der Waals surface area contributed by atoms with Crippen molar-refractivity contribution < 1.29 is 4.79 Å². The maximum Gasteiger partial charge on any atom is 0.228 e. The van der Waals surface area contributed by atoms with Crippen molar-refractivity contribution in [1.29, 1.82) is 5.26 Å². The number of benzene rings is 1. The summed E-state index contributed by atoms with van der Waals surface area (Å²) in [5.41, 5.74) is 2.44. The third-order valence-corrected chi connectivity index (χ3v) is 4.22. The summed E-state index contributed by atoms with van der Waals surface area (Å²) in [4.78, 5) is 12.4. The van der Waals surface area contributed by atoms with Gasteiger partial charge in [-0.15, -0.1) is 0 Å². The SMILES string of the molecule is N#CC(NC(=O)C1CCCc2ccccc21)C1CC1. The minimum Gasteiger partial charge on any atom is -0.340 e. The first-order chi connectivity index (χ1) is 9.29. The second-order valence-electron chi connectivity index (χ2n) is 5.60. The number of hydrogen-bond donors (Lipinski definition) is 1. The standard InChI is InChI=1S/C16H18N2O/c17-10-15(12-8-9-12)18-16(19)14-7-3-5-11-4-1-2-6-13(11)14/h1-2,4,6,12,14-15H,3,5,7-9H2,(H,18,19). The molecule has 19 heavy (non-hydrogen) atoms. The van der Waals surface area contributed by atoms with E-state index >= 15 is 0 Å². The molecule has 0 radical (unpaired) electrons. The van der Waals surface area contributed by atoms with Gasteiger partial charge in [0.1, 0.15) is 6.04 Å². The van der Waals surface area contributed by atoms with Gasteiger partial charge in [-0.05, 0) is 49.1 Å². The zero-order chi connectivity index (χ0) is 13.2. The second-order valence-corrected chi connectivity index (χ2v) is 5.60. The van der Waals surface area contributed by atoms with Crippen molar-refractivity contribution in [3.05, 3.63) is 35.4 Å². The van der Waals surface area contributed by atoms with Gasteiger partial charge in [-0.25, -0.2) is 0 Å². The Morgan fingerprint density at radius 1 is 1.32 bits per heavy atom. The summed E-state index contributed by atoms with van der Waals surface area (Å²) >= 11 is 0. The third kappa shape index (κ3) is 2.49. The Balaban J connectivity index is 1.76. The number of nitrogens with zero attached hydrogens (tertiary/aromatic N) is 1. The molecule has 2 aliphatic rings. The van der Waals surface area contributed by atoms with Gasteiger partial charge in [-0.3, -0.25) is 4.79 Å². The lowest BCUT2D eigenvalue weighted by atomic mass is 9.82. The van der Waals surface area contributed by atoms with Crippen LogP contribution in [0.25, 0.3) is 0 Å². The van der Waals surface area contributed by atoms with E-state index in [9.17, 15) is 4.79 Å². The fourth-order valence-electron chi connectivity index (χ4n) is 2.97. The Hall–Kier alpha value is -1.82. The summed E-state index contributed by atoms with van der Waals surface area (Å²) in [7, 11) is 0. The zero-order valence-corrected chi connectivity index (χ0v) is 10.9. The highest BCUT2D eigenvalue weighted by Crippen LogP contribution is 2.34. The van der Waals surface area contributed by atoms with E-state index in [-0.39, 0.29) is 17.9 Å². The molecular weight excluding hydrogens is 236 g/mol. The van der Waals surface area contributed by atoms with Gasteiger partial charge in [-0.1, -0.05) is 24.3 Å². The number of hydrogen-bond acceptors (Lipinski definition) is 2. The van der Waals surface area contributed by atoms with Crippen LogP contribution >= 0.6 is 0 Å². The molecule has 1 fully saturated rings. The van der Waals surface area contributed by atoms with Crippen molar-refractivity contribution in [3.8, 4) is 6.07 Å². The van der Waals surface area contributed by atoms with Crippen LogP contribution in [0.3, 0.4) is 0 Å². The van der Waals surface area contributed by atoms with Crippen LogP contribution in [0.5, 0.6) is 0 Å². The lowest BCUT2D eigenvalue weighted by Gasteiger charge is -2.25. The van der Waals surface area contributed by atoms with Gasteiger partial charge in [0.2, 0.25) is 5.91 Å². The van der Waals surface area contributed by atoms with Crippen LogP contribution < -0.4 is 5.32 Å². The van der Waals surface area contributed by atoms with Crippen LogP contribution in [-0.4, -0.2) is 11.9 Å². The molecule has 0 aromatic heterocycles. The van der Waals surface area contributed by atoms with E-state index < -0.39 is 0 Å². The summed E-state index contributed by atoms with van der Waals surface area (Å²) in [5, 5.41) is 12.1. The monoisotopic (exact) mass is 254 g/mol. The predicted molar refractivity (Wildman–Crippen MR) is 72.4 cm³/mol. The van der Waals surface area contributed by atoms with Crippen molar-refractivity contribution in [3.63, 3.8) is 0 Å². The minimum absolute atomic E-state index is 0.0330. The number of carbonyl (C=O) groups excluding carboxylic acids is 1. The summed E-state index contributed by atoms with van der Waals surface area (Å²) in [5.74, 6) is 0.345. The summed E-state index contributed by atoms with van der Waals surface area (Å²) in [6, 6.07) is 10.1. The van der Waals surface area contributed by atoms with Crippen LogP contribution in [0.15, 0.2) is 24.3 Å². The van der Waals surface area contributed by atoms with Crippen LogP contribution in [0.1, 0.15) is 42.7 Å². The van der Waals surface area contributed by atoms with Crippen LogP contribution in [-0.2, 0) is 11.2 Å². The first-order valence-corrected chi connectivity index (χ1v) is 7.07. The van der Waals surface area contributed by atoms with E-state index in [0.717, 1.165) is 37.7 Å². The van der Waals surface area contributed by atoms with E-state index in [1.165, 1.54) is 5.56 Å². The van der Waals surface area contributed by atoms with Crippen molar-refractivity contribution in [1.82, 2.24) is 5.32 Å². The van der Waals surface area contributed by atoms with Gasteiger partial charge in [0.25, 0.3) is 0 Å². The molecule has 1 amide bonds. The number of nitriles is 1. The maximum absolute atomic E-state index is 12.4. The second kappa shape index (κ2) is 5.05. The molecule has 0 spiro atoms. The molecule has 3 heteroatoms. The largest absolute Gasteiger partial charge is 0.340 e. The minimum atomic E-state index is -0.290. The van der Waals surface area contributed by atoms with Crippen LogP contribution in [0.4, 0.5) is 0 Å². The van der Waals surface area contributed by atoms with Crippen molar-refractivity contribution in [2.24, 2.45) is 5.92 Å². The first kappa shape index (κ1) is 12.2. The molecule has 0 aliphatic heterocycles. The zero-order valence-electron chi connectivity index (χ0n) is 10.9. The molecule has 1 N–H and O–H groups in total. The molecule has 0 heterocycles. The van der Waals surface area contributed by atoms with Crippen molar-refractivity contribution in [2.45, 2.75) is 44.1 Å². The quantitative estimate of drug-likeness (QED) is 0.901. The van der Waals surface area contributed by atoms with Gasteiger partial charge in [-0.2, -0.15) is 5.26 Å². The Morgan fingerprint density at radius 2 is 2.11 bits per heavy atom. The Bertz CT molecular complexity index is 528. The van der Waals surface area contributed by atoms with E-state index in [0.29, 0.717) is 5.92 Å². The number of fused-ring (bicyclic) bond motifs is 1. The average Bonchev–Trinajstić information content (AvgIpc) is 3.28. The average molecular weight is 254 g/mol. The maximum atomic E-state index is 12.4. The highest BCUT2D eigenvalue weighted by molar-refractivity contribution is 5.85. The lowest BCUT2D eigenvalue weighted by molar-refractivity contribution is -0.123. The molecule has 1 aromatic carbocycles. The van der Waals surface area contributed by atoms with Gasteiger partial charge < -0.3 is 5.32 Å². The molecule has 2 unspecified atom stereocenters. The fourth-order valence-corrected chi connectivity index (χ4v) is 2.97. The fraction of sp³-hybridized carbons (Fsp3) is 0.500. The van der Waals surface area contributed by atoms with Gasteiger partial charge in [0.15, 0.2) is 0 Å². The number of carbonyl (C=O) groups is 1. The molecule has 3 rings (SSSR count). The van der Waals surface area contributed by atoms with Gasteiger partial charge >= 0.3 is 0 Å². The molecule has 1 saturated carbocycles. The normalized spacial score (nSPS) is 23.0. The van der Waals surface area contributed by atoms with Gasteiger partial charge in [0, 0.05) is 0 Å². The van der Waals surface area contributed by atoms with Gasteiger partial charge in [0.05, 0.1) is 12.0 Å². The molecule has 2 atom stereocenters. The van der Waals surface area contributed by atoms with Crippen molar-refractivity contribution in [2.75, 3.05) is 0 Å². The third-order valence-electron chi connectivity index (χ3n) is 4.22. The molecule has 98 valence electrons. The van der Waals surface area contributed by atoms with Crippen LogP contribution in [0.2, 0.25) is 0 Å². The molecule has 0 saturated heterocycles. The summed E-state index contributed by atoms with van der Waals surface area (Å²) < 4.78 is 0. The van der Waals surface area contributed by atoms with E-state index in [4.69, 9.17) is 5.26 Å². The number of amides is 1. The molecule has 1 aromatic rings. The molecule has 0 bridgehead atoms. The van der Waals surface area contributed by atoms with Crippen molar-refractivity contribution >= 4 is 5.91 Å². The highest BCUT2D eigenvalue weighted by Gasteiger charge is 2.34. The smallest absolute Gasteiger partial charge is 0.228 e. The topological polar surface area (TPSA) is 52.9 Å². The molecular formula is C16H18N2O.